The van der Waals surface area contributed by atoms with Crippen LogP contribution in [0.3, 0.4) is 0 Å². The van der Waals surface area contributed by atoms with Gasteiger partial charge in [0.25, 0.3) is 0 Å². The molecule has 0 heterocycles. The third-order valence-corrected chi connectivity index (χ3v) is 3.16. The van der Waals surface area contributed by atoms with Gasteiger partial charge in [0, 0.05) is 6.04 Å². The molecule has 0 amide bonds. The van der Waals surface area contributed by atoms with E-state index in [9.17, 15) is 0 Å². The van der Waals surface area contributed by atoms with Gasteiger partial charge in [-0.1, -0.05) is 19.1 Å². The molecule has 0 bridgehead atoms. The summed E-state index contributed by atoms with van der Waals surface area (Å²) in [6, 6.07) is 8.97. The molecule has 1 atom stereocenters. The Labute approximate surface area is 98.0 Å². The predicted molar refractivity (Wildman–Crippen MR) is 66.8 cm³/mol. The van der Waals surface area contributed by atoms with Gasteiger partial charge in [-0.25, -0.2) is 0 Å². The molecule has 1 N–H and O–H groups in total. The van der Waals surface area contributed by atoms with Crippen LogP contribution in [0.15, 0.2) is 24.3 Å². The Morgan fingerprint density at radius 3 is 2.88 bits per heavy atom. The molecule has 1 aliphatic rings. The zero-order valence-electron chi connectivity index (χ0n) is 10.2. The zero-order valence-corrected chi connectivity index (χ0v) is 10.2. The van der Waals surface area contributed by atoms with Crippen molar-refractivity contribution in [3.63, 3.8) is 0 Å². The van der Waals surface area contributed by atoms with Crippen molar-refractivity contribution >= 4 is 0 Å². The molecule has 1 aliphatic carbocycles. The van der Waals surface area contributed by atoms with Crippen molar-refractivity contribution in [1.82, 2.24) is 5.32 Å². The van der Waals surface area contributed by atoms with E-state index in [2.05, 4.69) is 30.4 Å². The summed E-state index contributed by atoms with van der Waals surface area (Å²) in [4.78, 5) is 0. The maximum absolute atomic E-state index is 5.28. The van der Waals surface area contributed by atoms with Crippen molar-refractivity contribution in [2.75, 3.05) is 13.7 Å². The average Bonchev–Trinajstić information content (AvgIpc) is 3.14. The highest BCUT2D eigenvalue weighted by molar-refractivity contribution is 5.31. The van der Waals surface area contributed by atoms with Gasteiger partial charge in [-0.2, -0.15) is 0 Å². The molecule has 1 aromatic rings. The first-order valence-electron chi connectivity index (χ1n) is 6.22. The summed E-state index contributed by atoms with van der Waals surface area (Å²) in [6.45, 7) is 3.31. The van der Waals surface area contributed by atoms with Crippen LogP contribution in [0.2, 0.25) is 0 Å². The summed E-state index contributed by atoms with van der Waals surface area (Å²) < 4.78 is 5.28. The van der Waals surface area contributed by atoms with Crippen LogP contribution >= 0.6 is 0 Å². The largest absolute Gasteiger partial charge is 0.497 e. The summed E-state index contributed by atoms with van der Waals surface area (Å²) in [5.41, 5.74) is 1.37. The van der Waals surface area contributed by atoms with Crippen molar-refractivity contribution < 1.29 is 4.74 Å². The summed E-state index contributed by atoms with van der Waals surface area (Å²) in [5, 5.41) is 3.64. The van der Waals surface area contributed by atoms with E-state index < -0.39 is 0 Å². The van der Waals surface area contributed by atoms with Crippen LogP contribution in [0.5, 0.6) is 5.75 Å². The zero-order chi connectivity index (χ0) is 11.4. The number of hydrogen-bond donors (Lipinski definition) is 1. The normalized spacial score (nSPS) is 17.1. The maximum atomic E-state index is 5.28. The molecule has 16 heavy (non-hydrogen) atoms. The van der Waals surface area contributed by atoms with Crippen LogP contribution < -0.4 is 10.1 Å². The molecule has 2 heteroatoms. The lowest BCUT2D eigenvalue weighted by Crippen LogP contribution is -2.23. The van der Waals surface area contributed by atoms with E-state index in [0.717, 1.165) is 18.2 Å². The second kappa shape index (κ2) is 5.35. The summed E-state index contributed by atoms with van der Waals surface area (Å²) in [5.74, 6) is 1.79. The standard InChI is InChI=1S/C14H21NO/c1-3-9-15-14(11-7-8-11)12-5-4-6-13(10-12)16-2/h4-6,10-11,14-15H,3,7-9H2,1-2H3. The monoisotopic (exact) mass is 219 g/mol. The average molecular weight is 219 g/mol. The van der Waals surface area contributed by atoms with Crippen LogP contribution in [0, 0.1) is 5.92 Å². The molecule has 0 aromatic heterocycles. The smallest absolute Gasteiger partial charge is 0.119 e. The molecule has 2 rings (SSSR count). The van der Waals surface area contributed by atoms with Crippen LogP contribution in [0.25, 0.3) is 0 Å². The Hall–Kier alpha value is -1.02. The molecule has 0 aliphatic heterocycles. The van der Waals surface area contributed by atoms with Crippen molar-refractivity contribution in [2.45, 2.75) is 32.2 Å². The van der Waals surface area contributed by atoms with Crippen molar-refractivity contribution in [3.8, 4) is 5.75 Å². The van der Waals surface area contributed by atoms with E-state index in [4.69, 9.17) is 4.74 Å². The van der Waals surface area contributed by atoms with Gasteiger partial charge in [0.15, 0.2) is 0 Å². The third kappa shape index (κ3) is 2.76. The fourth-order valence-corrected chi connectivity index (χ4v) is 2.12. The number of ether oxygens (including phenoxy) is 1. The molecule has 1 saturated carbocycles. The second-order valence-electron chi connectivity index (χ2n) is 4.55. The topological polar surface area (TPSA) is 21.3 Å². The van der Waals surface area contributed by atoms with Crippen molar-refractivity contribution in [1.29, 1.82) is 0 Å². The first-order valence-corrected chi connectivity index (χ1v) is 6.22. The van der Waals surface area contributed by atoms with Crippen LogP contribution in [-0.4, -0.2) is 13.7 Å². The molecule has 0 saturated heterocycles. The third-order valence-electron chi connectivity index (χ3n) is 3.16. The molecule has 0 radical (unpaired) electrons. The number of hydrogen-bond acceptors (Lipinski definition) is 2. The van der Waals surface area contributed by atoms with E-state index in [1.807, 2.05) is 6.07 Å². The Kier molecular flexibility index (Phi) is 3.83. The Morgan fingerprint density at radius 2 is 2.25 bits per heavy atom. The fraction of sp³-hybridized carbons (Fsp3) is 0.571. The van der Waals surface area contributed by atoms with Crippen molar-refractivity contribution in [3.05, 3.63) is 29.8 Å². The molecule has 88 valence electrons. The molecule has 0 spiro atoms. The number of rotatable bonds is 6. The summed E-state index contributed by atoms with van der Waals surface area (Å²) >= 11 is 0. The Bertz CT molecular complexity index is 333. The van der Waals surface area contributed by atoms with Gasteiger partial charge >= 0.3 is 0 Å². The fourth-order valence-electron chi connectivity index (χ4n) is 2.12. The molecular weight excluding hydrogens is 198 g/mol. The van der Waals surface area contributed by atoms with Gasteiger partial charge in [-0.3, -0.25) is 0 Å². The van der Waals surface area contributed by atoms with Crippen LogP contribution in [0.4, 0.5) is 0 Å². The minimum absolute atomic E-state index is 0.523. The molecule has 1 aromatic carbocycles. The highest BCUT2D eigenvalue weighted by atomic mass is 16.5. The van der Waals surface area contributed by atoms with Crippen molar-refractivity contribution in [2.24, 2.45) is 5.92 Å². The highest BCUT2D eigenvalue weighted by Crippen LogP contribution is 2.41. The van der Waals surface area contributed by atoms with Gasteiger partial charge in [0.05, 0.1) is 7.11 Å². The highest BCUT2D eigenvalue weighted by Gasteiger charge is 2.31. The minimum Gasteiger partial charge on any atom is -0.497 e. The lowest BCUT2D eigenvalue weighted by Gasteiger charge is -2.19. The predicted octanol–water partition coefficient (Wildman–Crippen LogP) is 3.15. The number of methoxy groups -OCH3 is 1. The maximum Gasteiger partial charge on any atom is 0.119 e. The minimum atomic E-state index is 0.523. The van der Waals surface area contributed by atoms with E-state index in [0.29, 0.717) is 6.04 Å². The summed E-state index contributed by atoms with van der Waals surface area (Å²) in [7, 11) is 1.73. The second-order valence-corrected chi connectivity index (χ2v) is 4.55. The first kappa shape index (κ1) is 11.5. The van der Waals surface area contributed by atoms with Gasteiger partial charge in [-0.15, -0.1) is 0 Å². The van der Waals surface area contributed by atoms with E-state index in [1.54, 1.807) is 7.11 Å². The van der Waals surface area contributed by atoms with Gasteiger partial charge in [0.1, 0.15) is 5.75 Å². The van der Waals surface area contributed by atoms with Gasteiger partial charge in [0.2, 0.25) is 0 Å². The van der Waals surface area contributed by atoms with Gasteiger partial charge < -0.3 is 10.1 Å². The van der Waals surface area contributed by atoms with Gasteiger partial charge in [-0.05, 0) is 49.4 Å². The molecule has 2 nitrogen and oxygen atoms in total. The Morgan fingerprint density at radius 1 is 1.44 bits per heavy atom. The van der Waals surface area contributed by atoms with E-state index in [-0.39, 0.29) is 0 Å². The lowest BCUT2D eigenvalue weighted by atomic mass is 10.0. The van der Waals surface area contributed by atoms with Crippen LogP contribution in [0.1, 0.15) is 37.8 Å². The van der Waals surface area contributed by atoms with E-state index in [1.165, 1.54) is 24.8 Å². The molecule has 1 unspecified atom stereocenters. The quantitative estimate of drug-likeness (QED) is 0.793. The molecular formula is C14H21NO. The number of nitrogens with one attached hydrogen (secondary N) is 1. The Balaban J connectivity index is 2.10. The summed E-state index contributed by atoms with van der Waals surface area (Å²) in [6.07, 6.45) is 3.91. The molecule has 1 fully saturated rings. The number of benzene rings is 1. The SMILES string of the molecule is CCCNC(c1cccc(OC)c1)C1CC1. The van der Waals surface area contributed by atoms with E-state index >= 15 is 0 Å². The van der Waals surface area contributed by atoms with Crippen LogP contribution in [-0.2, 0) is 0 Å². The first-order chi connectivity index (χ1) is 7.85. The lowest BCUT2D eigenvalue weighted by molar-refractivity contribution is 0.411.